The monoisotopic (exact) mass is 337 g/mol. The maximum absolute atomic E-state index is 12.4. The molecule has 1 aliphatic rings. The molecule has 5 nitrogen and oxygen atoms in total. The van der Waals surface area contributed by atoms with Crippen LogP contribution in [0.5, 0.6) is 0 Å². The Morgan fingerprint density at radius 1 is 1.00 bits per heavy atom. The van der Waals surface area contributed by atoms with E-state index in [2.05, 4.69) is 34.1 Å². The standard InChI is InChI=1S/C20H23N3O2/c1-13(21-19-12-7-15-5-3-4-6-18(15)19)20(25)23-17-10-8-16(9-11-17)22-14(2)24/h3-6,8-11,13,19,21H,7,12H2,1-2H3,(H,22,24)(H,23,25). The number of hydrogen-bond acceptors (Lipinski definition) is 3. The minimum Gasteiger partial charge on any atom is -0.326 e. The van der Waals surface area contributed by atoms with E-state index in [9.17, 15) is 9.59 Å². The SMILES string of the molecule is CC(=O)Nc1ccc(NC(=O)C(C)NC2CCc3ccccc32)cc1. The Hall–Kier alpha value is -2.66. The normalized spacial score (nSPS) is 16.8. The second-order valence-corrected chi connectivity index (χ2v) is 6.43. The fourth-order valence-electron chi connectivity index (χ4n) is 3.20. The van der Waals surface area contributed by atoms with Crippen LogP contribution in [0.4, 0.5) is 11.4 Å². The van der Waals surface area contributed by atoms with Crippen molar-refractivity contribution in [3.63, 3.8) is 0 Å². The van der Waals surface area contributed by atoms with Gasteiger partial charge in [0, 0.05) is 24.3 Å². The highest BCUT2D eigenvalue weighted by Gasteiger charge is 2.25. The van der Waals surface area contributed by atoms with E-state index in [-0.39, 0.29) is 23.9 Å². The number of aryl methyl sites for hydroxylation is 1. The fourth-order valence-corrected chi connectivity index (χ4v) is 3.20. The highest BCUT2D eigenvalue weighted by Crippen LogP contribution is 2.31. The number of fused-ring (bicyclic) bond motifs is 1. The molecular formula is C20H23N3O2. The van der Waals surface area contributed by atoms with E-state index in [1.807, 2.05) is 13.0 Å². The van der Waals surface area contributed by atoms with Crippen molar-refractivity contribution in [1.29, 1.82) is 0 Å². The molecule has 1 aliphatic carbocycles. The van der Waals surface area contributed by atoms with Crippen LogP contribution in [-0.2, 0) is 16.0 Å². The zero-order valence-electron chi connectivity index (χ0n) is 14.5. The molecule has 130 valence electrons. The third kappa shape index (κ3) is 4.25. The van der Waals surface area contributed by atoms with Crippen molar-refractivity contribution in [1.82, 2.24) is 5.32 Å². The molecule has 3 N–H and O–H groups in total. The molecule has 0 fully saturated rings. The molecule has 3 rings (SSSR count). The van der Waals surface area contributed by atoms with Crippen molar-refractivity contribution >= 4 is 23.2 Å². The first-order valence-corrected chi connectivity index (χ1v) is 8.55. The van der Waals surface area contributed by atoms with Gasteiger partial charge in [0.05, 0.1) is 6.04 Å². The average Bonchev–Trinajstić information content (AvgIpc) is 2.99. The molecule has 0 spiro atoms. The summed E-state index contributed by atoms with van der Waals surface area (Å²) in [5.74, 6) is -0.192. The number of amides is 2. The number of carbonyl (C=O) groups excluding carboxylic acids is 2. The fraction of sp³-hybridized carbons (Fsp3) is 0.300. The molecule has 0 heterocycles. The molecule has 0 radical (unpaired) electrons. The van der Waals surface area contributed by atoms with E-state index in [1.165, 1.54) is 18.1 Å². The number of carbonyl (C=O) groups is 2. The molecule has 5 heteroatoms. The summed E-state index contributed by atoms with van der Waals surface area (Å²) in [6, 6.07) is 15.4. The van der Waals surface area contributed by atoms with E-state index in [1.54, 1.807) is 24.3 Å². The molecule has 25 heavy (non-hydrogen) atoms. The molecular weight excluding hydrogens is 314 g/mol. The zero-order chi connectivity index (χ0) is 17.8. The van der Waals surface area contributed by atoms with Crippen molar-refractivity contribution in [2.45, 2.75) is 38.8 Å². The maximum atomic E-state index is 12.4. The molecule has 0 aromatic heterocycles. The van der Waals surface area contributed by atoms with Crippen molar-refractivity contribution < 1.29 is 9.59 Å². The average molecular weight is 337 g/mol. The summed E-state index contributed by atoms with van der Waals surface area (Å²) in [5, 5.41) is 9.03. The van der Waals surface area contributed by atoms with Crippen LogP contribution in [0.15, 0.2) is 48.5 Å². The molecule has 2 amide bonds. The summed E-state index contributed by atoms with van der Waals surface area (Å²) in [5.41, 5.74) is 4.07. The van der Waals surface area contributed by atoms with Gasteiger partial charge in [-0.15, -0.1) is 0 Å². The number of hydrogen-bond donors (Lipinski definition) is 3. The van der Waals surface area contributed by atoms with E-state index < -0.39 is 0 Å². The van der Waals surface area contributed by atoms with Gasteiger partial charge in [-0.2, -0.15) is 0 Å². The lowest BCUT2D eigenvalue weighted by Crippen LogP contribution is -2.39. The maximum Gasteiger partial charge on any atom is 0.241 e. The highest BCUT2D eigenvalue weighted by atomic mass is 16.2. The predicted octanol–water partition coefficient (Wildman–Crippen LogP) is 3.25. The molecule has 0 saturated heterocycles. The molecule has 0 bridgehead atoms. The van der Waals surface area contributed by atoms with E-state index in [0.29, 0.717) is 11.4 Å². The molecule has 2 aromatic carbocycles. The quantitative estimate of drug-likeness (QED) is 0.784. The van der Waals surface area contributed by atoms with Gasteiger partial charge < -0.3 is 10.6 Å². The van der Waals surface area contributed by atoms with Crippen LogP contribution < -0.4 is 16.0 Å². The van der Waals surface area contributed by atoms with Gasteiger partial charge in [0.1, 0.15) is 0 Å². The van der Waals surface area contributed by atoms with Gasteiger partial charge in [-0.05, 0) is 55.2 Å². The van der Waals surface area contributed by atoms with Crippen molar-refractivity contribution in [2.75, 3.05) is 10.6 Å². The zero-order valence-corrected chi connectivity index (χ0v) is 14.5. The van der Waals surface area contributed by atoms with Crippen LogP contribution in [-0.4, -0.2) is 17.9 Å². The van der Waals surface area contributed by atoms with Crippen molar-refractivity contribution in [2.24, 2.45) is 0 Å². The van der Waals surface area contributed by atoms with Gasteiger partial charge in [-0.25, -0.2) is 0 Å². The van der Waals surface area contributed by atoms with Gasteiger partial charge in [0.15, 0.2) is 0 Å². The van der Waals surface area contributed by atoms with Crippen LogP contribution in [0.2, 0.25) is 0 Å². The van der Waals surface area contributed by atoms with Crippen LogP contribution in [0, 0.1) is 0 Å². The summed E-state index contributed by atoms with van der Waals surface area (Å²) in [6.45, 7) is 3.34. The summed E-state index contributed by atoms with van der Waals surface area (Å²) in [7, 11) is 0. The van der Waals surface area contributed by atoms with E-state index in [0.717, 1.165) is 12.8 Å². The van der Waals surface area contributed by atoms with Crippen molar-refractivity contribution in [3.8, 4) is 0 Å². The Bertz CT molecular complexity index is 771. The Kier molecular flexibility index (Phi) is 5.14. The molecule has 2 aromatic rings. The Labute approximate surface area is 147 Å². The number of nitrogens with one attached hydrogen (secondary N) is 3. The van der Waals surface area contributed by atoms with Gasteiger partial charge in [0.2, 0.25) is 11.8 Å². The van der Waals surface area contributed by atoms with Crippen LogP contribution >= 0.6 is 0 Å². The third-order valence-electron chi connectivity index (χ3n) is 4.45. The summed E-state index contributed by atoms with van der Waals surface area (Å²) >= 11 is 0. The third-order valence-corrected chi connectivity index (χ3v) is 4.45. The smallest absolute Gasteiger partial charge is 0.241 e. The predicted molar refractivity (Wildman–Crippen MR) is 99.5 cm³/mol. The summed E-state index contributed by atoms with van der Waals surface area (Å²) in [4.78, 5) is 23.5. The minimum absolute atomic E-state index is 0.0725. The first-order valence-electron chi connectivity index (χ1n) is 8.55. The molecule has 2 atom stereocenters. The first-order chi connectivity index (χ1) is 12.0. The lowest BCUT2D eigenvalue weighted by Gasteiger charge is -2.20. The van der Waals surface area contributed by atoms with Crippen molar-refractivity contribution in [3.05, 3.63) is 59.7 Å². The van der Waals surface area contributed by atoms with E-state index in [4.69, 9.17) is 0 Å². The minimum atomic E-state index is -0.300. The topological polar surface area (TPSA) is 70.2 Å². The van der Waals surface area contributed by atoms with Gasteiger partial charge in [-0.3, -0.25) is 14.9 Å². The second kappa shape index (κ2) is 7.49. The molecule has 2 unspecified atom stereocenters. The molecule has 0 saturated carbocycles. The number of anilines is 2. The molecule has 0 aliphatic heterocycles. The van der Waals surface area contributed by atoms with Crippen LogP contribution in [0.3, 0.4) is 0 Å². The van der Waals surface area contributed by atoms with Gasteiger partial charge in [0.25, 0.3) is 0 Å². The number of benzene rings is 2. The Morgan fingerprint density at radius 2 is 1.64 bits per heavy atom. The van der Waals surface area contributed by atoms with Gasteiger partial charge >= 0.3 is 0 Å². The Morgan fingerprint density at radius 3 is 2.32 bits per heavy atom. The van der Waals surface area contributed by atoms with Gasteiger partial charge in [-0.1, -0.05) is 24.3 Å². The summed E-state index contributed by atoms with van der Waals surface area (Å²) < 4.78 is 0. The second-order valence-electron chi connectivity index (χ2n) is 6.43. The number of rotatable bonds is 5. The lowest BCUT2D eigenvalue weighted by atomic mass is 10.1. The Balaban J connectivity index is 1.57. The van der Waals surface area contributed by atoms with E-state index >= 15 is 0 Å². The van der Waals surface area contributed by atoms with Crippen LogP contribution in [0.25, 0.3) is 0 Å². The largest absolute Gasteiger partial charge is 0.326 e. The highest BCUT2D eigenvalue weighted by molar-refractivity contribution is 5.95. The summed E-state index contributed by atoms with van der Waals surface area (Å²) in [6.07, 6.45) is 2.06. The first kappa shape index (κ1) is 17.2. The lowest BCUT2D eigenvalue weighted by molar-refractivity contribution is -0.118. The van der Waals surface area contributed by atoms with Crippen LogP contribution in [0.1, 0.15) is 37.4 Å².